The van der Waals surface area contributed by atoms with Gasteiger partial charge < -0.3 is 25.1 Å². The summed E-state index contributed by atoms with van der Waals surface area (Å²) in [5, 5.41) is 22.1. The summed E-state index contributed by atoms with van der Waals surface area (Å²) in [6, 6.07) is -1.16. The van der Waals surface area contributed by atoms with Crippen LogP contribution >= 0.6 is 0 Å². The van der Waals surface area contributed by atoms with Crippen molar-refractivity contribution < 1.29 is 57.5 Å². The van der Waals surface area contributed by atoms with Gasteiger partial charge in [-0.1, -0.05) is 0 Å². The second-order valence-corrected chi connectivity index (χ2v) is 1.74. The summed E-state index contributed by atoms with van der Waals surface area (Å²) in [4.78, 5) is 19.8. The Morgan fingerprint density at radius 2 is 1.75 bits per heavy atom. The fourth-order valence-electron chi connectivity index (χ4n) is 0.470. The van der Waals surface area contributed by atoms with Gasteiger partial charge in [-0.25, -0.2) is 0 Å². The van der Waals surface area contributed by atoms with Gasteiger partial charge in [0.15, 0.2) is 0 Å². The molecule has 5 nitrogen and oxygen atoms in total. The predicted octanol–water partition coefficient (Wildman–Crippen LogP) is -9.53. The zero-order chi connectivity index (χ0) is 8.15. The Morgan fingerprint density at radius 3 is 1.83 bits per heavy atom. The zero-order valence-corrected chi connectivity index (χ0v) is 7.42. The van der Waals surface area contributed by atoms with E-state index in [4.69, 9.17) is 0 Å². The van der Waals surface area contributed by atoms with E-state index in [1.807, 2.05) is 0 Å². The quantitative estimate of drug-likeness (QED) is 0.411. The van der Waals surface area contributed by atoms with Gasteiger partial charge in [0.1, 0.15) is 0 Å². The van der Waals surface area contributed by atoms with Gasteiger partial charge in [0.25, 0.3) is 0 Å². The average Bonchev–Trinajstić information content (AvgIpc) is 1.81. The van der Waals surface area contributed by atoms with Crippen LogP contribution in [0.3, 0.4) is 0 Å². The predicted molar refractivity (Wildman–Crippen MR) is 27.5 cm³/mol. The molecular weight excluding hydrogens is 152 g/mol. The molecule has 0 radical (unpaired) electrons. The summed E-state index contributed by atoms with van der Waals surface area (Å²) in [5.41, 5.74) is 0. The van der Waals surface area contributed by atoms with E-state index in [1.54, 1.807) is 0 Å². The molecule has 12 heavy (non-hydrogen) atoms. The van der Waals surface area contributed by atoms with Crippen molar-refractivity contribution in [1.29, 1.82) is 0 Å². The van der Waals surface area contributed by atoms with Crippen LogP contribution in [0.25, 0.3) is 0 Å². The Bertz CT molecular complexity index is 152. The Labute approximate surface area is 94.3 Å². The third kappa shape index (κ3) is 8.19. The molecule has 1 atom stereocenters. The van der Waals surface area contributed by atoms with Crippen LogP contribution in [-0.4, -0.2) is 25.0 Å². The molecule has 1 N–H and O–H groups in total. The fourth-order valence-corrected chi connectivity index (χ4v) is 0.470. The van der Waals surface area contributed by atoms with E-state index >= 15 is 0 Å². The second kappa shape index (κ2) is 9.18. The van der Waals surface area contributed by atoms with Crippen LogP contribution < -0.4 is 53.3 Å². The van der Waals surface area contributed by atoms with Gasteiger partial charge in [0.05, 0.1) is 12.0 Å². The number of likely N-dealkylation sites (N-methyl/N-ethyl adjacent to an activating group) is 1. The third-order valence-corrected chi connectivity index (χ3v) is 1.00. The van der Waals surface area contributed by atoms with E-state index in [2.05, 4.69) is 5.32 Å². The minimum atomic E-state index is -1.44. The van der Waals surface area contributed by atoms with Crippen LogP contribution in [0.4, 0.5) is 0 Å². The van der Waals surface area contributed by atoms with Crippen molar-refractivity contribution >= 4 is 11.9 Å². The summed E-state index contributed by atoms with van der Waals surface area (Å²) < 4.78 is 0. The van der Waals surface area contributed by atoms with Crippen molar-refractivity contribution in [3.63, 3.8) is 0 Å². The Hall–Kier alpha value is 0.0948. The first-order valence-electron chi connectivity index (χ1n) is 2.66. The molecule has 1 unspecified atom stereocenters. The van der Waals surface area contributed by atoms with Crippen LogP contribution in [0.2, 0.25) is 0 Å². The molecule has 0 aromatic heterocycles. The van der Waals surface area contributed by atoms with Crippen molar-refractivity contribution in [3.8, 4) is 0 Å². The van der Waals surface area contributed by atoms with Gasteiger partial charge in [0.2, 0.25) is 0 Å². The Kier molecular flexibility index (Phi) is 13.8. The van der Waals surface area contributed by atoms with Crippen LogP contribution in [0.1, 0.15) is 6.42 Å². The van der Waals surface area contributed by atoms with Gasteiger partial charge in [0, 0.05) is 12.4 Å². The molecule has 0 aliphatic heterocycles. The second-order valence-electron chi connectivity index (χ2n) is 1.74. The van der Waals surface area contributed by atoms with E-state index in [0.717, 1.165) is 0 Å². The summed E-state index contributed by atoms with van der Waals surface area (Å²) in [6.07, 6.45) is -0.571. The van der Waals surface area contributed by atoms with E-state index in [0.29, 0.717) is 0 Å². The van der Waals surface area contributed by atoms with E-state index in [-0.39, 0.29) is 37.7 Å². The maximum Gasteiger partial charge on any atom is 1.00 e. The molecule has 0 fully saturated rings. The van der Waals surface area contributed by atoms with Crippen LogP contribution in [0, 0.1) is 0 Å². The minimum Gasteiger partial charge on any atom is -0.550 e. The first-order valence-corrected chi connectivity index (χ1v) is 2.66. The molecule has 0 aromatic carbocycles. The van der Waals surface area contributed by atoms with Crippen molar-refractivity contribution in [3.05, 3.63) is 0 Å². The first kappa shape index (κ1) is 18.0. The largest absolute Gasteiger partial charge is 1.00 e. The SMILES string of the molecule is CNC(CC(=O)[O-])C(=O)[O-].[Li+].[Li+]. The van der Waals surface area contributed by atoms with Gasteiger partial charge in [-0.2, -0.15) is 0 Å². The maximum atomic E-state index is 10.0. The van der Waals surface area contributed by atoms with E-state index < -0.39 is 24.4 Å². The van der Waals surface area contributed by atoms with Crippen molar-refractivity contribution in [2.24, 2.45) is 0 Å². The standard InChI is InChI=1S/C5H9NO4.2Li/c1-6-3(5(9)10)2-4(7)8;;/h3,6H,2H2,1H3,(H,7,8)(H,9,10);;/q;2*+1/p-2. The molecule has 0 spiro atoms. The van der Waals surface area contributed by atoms with Crippen LogP contribution in [0.5, 0.6) is 0 Å². The summed E-state index contributed by atoms with van der Waals surface area (Å²) in [7, 11) is 1.34. The number of carbonyl (C=O) groups excluding carboxylic acids is 2. The van der Waals surface area contributed by atoms with Crippen LogP contribution in [-0.2, 0) is 9.59 Å². The smallest absolute Gasteiger partial charge is 0.550 e. The molecular formula is C5H7Li2NO4. The normalized spacial score (nSPS) is 10.4. The van der Waals surface area contributed by atoms with Gasteiger partial charge >= 0.3 is 37.7 Å². The topological polar surface area (TPSA) is 92.3 Å². The molecule has 0 saturated carbocycles. The zero-order valence-electron chi connectivity index (χ0n) is 7.42. The van der Waals surface area contributed by atoms with Gasteiger partial charge in [-0.05, 0) is 7.05 Å². The summed E-state index contributed by atoms with van der Waals surface area (Å²) >= 11 is 0. The first-order chi connectivity index (χ1) is 4.57. The number of carboxylic acid groups (broad SMARTS) is 2. The average molecular weight is 159 g/mol. The molecule has 0 aromatic rings. The fraction of sp³-hybridized carbons (Fsp3) is 0.600. The number of nitrogens with one attached hydrogen (secondary N) is 1. The summed E-state index contributed by atoms with van der Waals surface area (Å²) in [5.74, 6) is -2.85. The molecule has 7 heteroatoms. The molecule has 0 bridgehead atoms. The Morgan fingerprint density at radius 1 is 1.33 bits per heavy atom. The van der Waals surface area contributed by atoms with Crippen LogP contribution in [0.15, 0.2) is 0 Å². The van der Waals surface area contributed by atoms with Crippen molar-refractivity contribution in [1.82, 2.24) is 5.32 Å². The summed E-state index contributed by atoms with van der Waals surface area (Å²) in [6.45, 7) is 0. The monoisotopic (exact) mass is 159 g/mol. The molecule has 0 amide bonds. The van der Waals surface area contributed by atoms with E-state index in [9.17, 15) is 19.8 Å². The third-order valence-electron chi connectivity index (χ3n) is 1.00. The van der Waals surface area contributed by atoms with Crippen molar-refractivity contribution in [2.75, 3.05) is 7.05 Å². The van der Waals surface area contributed by atoms with Crippen molar-refractivity contribution in [2.45, 2.75) is 12.5 Å². The Balaban J connectivity index is -0.000000405. The molecule has 0 saturated heterocycles. The van der Waals surface area contributed by atoms with E-state index in [1.165, 1.54) is 7.05 Å². The number of carboxylic acids is 2. The molecule has 0 aliphatic rings. The minimum absolute atomic E-state index is 0. The molecule has 58 valence electrons. The van der Waals surface area contributed by atoms with Gasteiger partial charge in [-0.15, -0.1) is 0 Å². The molecule has 0 rings (SSSR count). The van der Waals surface area contributed by atoms with Gasteiger partial charge in [-0.3, -0.25) is 0 Å². The number of carbonyl (C=O) groups is 2. The number of hydrogen-bond acceptors (Lipinski definition) is 5. The maximum absolute atomic E-state index is 10.0. The number of aliphatic carboxylic acids is 2. The molecule has 0 aliphatic carbocycles. The molecule has 0 heterocycles. The number of hydrogen-bond donors (Lipinski definition) is 1. The number of rotatable bonds is 4.